The van der Waals surface area contributed by atoms with E-state index in [1.165, 1.54) is 5.57 Å². The number of aromatic nitrogens is 3. The number of hydrogen-bond donors (Lipinski definition) is 1. The van der Waals surface area contributed by atoms with Crippen molar-refractivity contribution in [2.75, 3.05) is 20.1 Å². The summed E-state index contributed by atoms with van der Waals surface area (Å²) in [5, 5.41) is 9.51. The fraction of sp³-hybridized carbons (Fsp3) is 0.444. The van der Waals surface area contributed by atoms with Gasteiger partial charge in [-0.1, -0.05) is 5.57 Å². The molecular formula is C18H22N4O2. The Balaban J connectivity index is 1.94. The number of aromatic carboxylic acids is 1. The first-order valence-corrected chi connectivity index (χ1v) is 8.40. The van der Waals surface area contributed by atoms with Crippen LogP contribution in [-0.2, 0) is 20.0 Å². The van der Waals surface area contributed by atoms with Crippen LogP contribution < -0.4 is 0 Å². The van der Waals surface area contributed by atoms with Gasteiger partial charge in [0.15, 0.2) is 0 Å². The van der Waals surface area contributed by atoms with Gasteiger partial charge in [0, 0.05) is 62.3 Å². The van der Waals surface area contributed by atoms with Crippen LogP contribution in [0.25, 0.3) is 5.57 Å². The first-order chi connectivity index (χ1) is 11.6. The van der Waals surface area contributed by atoms with Crippen LogP contribution in [-0.4, -0.2) is 50.2 Å². The predicted molar refractivity (Wildman–Crippen MR) is 91.1 cm³/mol. The Bertz CT molecular complexity index is 833. The summed E-state index contributed by atoms with van der Waals surface area (Å²) in [6.45, 7) is 2.90. The van der Waals surface area contributed by atoms with Crippen LogP contribution >= 0.6 is 0 Å². The number of hydrogen-bond acceptors (Lipinski definition) is 3. The van der Waals surface area contributed by atoms with Gasteiger partial charge in [0.25, 0.3) is 0 Å². The largest absolute Gasteiger partial charge is 0.477 e. The van der Waals surface area contributed by atoms with E-state index in [1.807, 2.05) is 30.1 Å². The van der Waals surface area contributed by atoms with Crippen molar-refractivity contribution in [1.29, 1.82) is 0 Å². The monoisotopic (exact) mass is 326 g/mol. The lowest BCUT2D eigenvalue weighted by Gasteiger charge is -2.26. The molecule has 2 aromatic rings. The van der Waals surface area contributed by atoms with Crippen LogP contribution in [0.5, 0.6) is 0 Å². The highest BCUT2D eigenvalue weighted by Gasteiger charge is 2.28. The third-order valence-corrected chi connectivity index (χ3v) is 5.32. The Labute approximate surface area is 141 Å². The first-order valence-electron chi connectivity index (χ1n) is 8.40. The molecule has 0 bridgehead atoms. The molecule has 24 heavy (non-hydrogen) atoms. The number of carboxylic acids is 1. The Hall–Kier alpha value is -2.34. The number of carbonyl (C=O) groups is 1. The minimum Gasteiger partial charge on any atom is -0.477 e. The molecule has 1 saturated heterocycles. The molecule has 0 atom stereocenters. The molecule has 6 nitrogen and oxygen atoms in total. The van der Waals surface area contributed by atoms with Crippen molar-refractivity contribution in [3.8, 4) is 0 Å². The average molecular weight is 326 g/mol. The van der Waals surface area contributed by atoms with Gasteiger partial charge in [0.05, 0.1) is 0 Å². The number of carboxylic acid groups (broad SMARTS) is 1. The highest BCUT2D eigenvalue weighted by atomic mass is 16.4. The third-order valence-electron chi connectivity index (χ3n) is 5.32. The number of piperidine rings is 1. The second-order valence-electron chi connectivity index (χ2n) is 6.73. The maximum Gasteiger partial charge on any atom is 0.352 e. The van der Waals surface area contributed by atoms with Crippen molar-refractivity contribution in [2.24, 2.45) is 7.05 Å². The van der Waals surface area contributed by atoms with E-state index in [-0.39, 0.29) is 0 Å². The first kappa shape index (κ1) is 15.2. The highest BCUT2D eigenvalue weighted by molar-refractivity contribution is 5.90. The molecule has 0 aromatic carbocycles. The molecule has 126 valence electrons. The Morgan fingerprint density at radius 1 is 1.17 bits per heavy atom. The fourth-order valence-corrected chi connectivity index (χ4v) is 3.92. The van der Waals surface area contributed by atoms with E-state index in [0.29, 0.717) is 5.69 Å². The number of rotatable bonds is 1. The molecule has 0 radical (unpaired) electrons. The van der Waals surface area contributed by atoms with Gasteiger partial charge >= 0.3 is 5.97 Å². The molecular weight excluding hydrogens is 304 g/mol. The van der Waals surface area contributed by atoms with Crippen LogP contribution in [0, 0.1) is 0 Å². The Kier molecular flexibility index (Phi) is 3.57. The molecule has 1 fully saturated rings. The van der Waals surface area contributed by atoms with Crippen molar-refractivity contribution in [2.45, 2.75) is 25.8 Å². The van der Waals surface area contributed by atoms with E-state index in [0.717, 1.165) is 61.6 Å². The van der Waals surface area contributed by atoms with Crippen LogP contribution in [0.2, 0.25) is 0 Å². The summed E-state index contributed by atoms with van der Waals surface area (Å²) in [4.78, 5) is 18.5. The summed E-state index contributed by atoms with van der Waals surface area (Å²) in [7, 11) is 4.00. The third kappa shape index (κ3) is 2.29. The molecule has 0 unspecified atom stereocenters. The zero-order chi connectivity index (χ0) is 16.8. The predicted octanol–water partition coefficient (Wildman–Crippen LogP) is 2.00. The molecule has 0 spiro atoms. The van der Waals surface area contributed by atoms with Gasteiger partial charge in [-0.3, -0.25) is 0 Å². The summed E-state index contributed by atoms with van der Waals surface area (Å²) >= 11 is 0. The van der Waals surface area contributed by atoms with Crippen molar-refractivity contribution in [1.82, 2.24) is 19.0 Å². The lowest BCUT2D eigenvalue weighted by atomic mass is 9.92. The van der Waals surface area contributed by atoms with Crippen LogP contribution in [0.15, 0.2) is 24.0 Å². The summed E-state index contributed by atoms with van der Waals surface area (Å²) in [6.07, 6.45) is 6.70. The number of nitrogens with zero attached hydrogens (tertiary/aromatic N) is 4. The van der Waals surface area contributed by atoms with Gasteiger partial charge in [-0.25, -0.2) is 9.78 Å². The summed E-state index contributed by atoms with van der Waals surface area (Å²) in [5.41, 5.74) is 5.06. The second-order valence-corrected chi connectivity index (χ2v) is 6.73. The molecule has 1 N–H and O–H groups in total. The highest BCUT2D eigenvalue weighted by Crippen LogP contribution is 2.36. The number of aryl methyl sites for hydroxylation is 1. The maximum absolute atomic E-state index is 11.6. The number of fused-ring (bicyclic) bond motifs is 2. The molecule has 2 aliphatic rings. The maximum atomic E-state index is 11.6. The zero-order valence-corrected chi connectivity index (χ0v) is 14.1. The van der Waals surface area contributed by atoms with Gasteiger partial charge < -0.3 is 19.1 Å². The van der Waals surface area contributed by atoms with E-state index < -0.39 is 5.97 Å². The van der Waals surface area contributed by atoms with Crippen molar-refractivity contribution < 1.29 is 9.90 Å². The van der Waals surface area contributed by atoms with Gasteiger partial charge in [0.1, 0.15) is 11.5 Å². The average Bonchev–Trinajstić information content (AvgIpc) is 3.10. The lowest BCUT2D eigenvalue weighted by molar-refractivity contribution is 0.0686. The van der Waals surface area contributed by atoms with E-state index in [1.54, 1.807) is 0 Å². The van der Waals surface area contributed by atoms with Crippen molar-refractivity contribution in [3.05, 3.63) is 46.8 Å². The van der Waals surface area contributed by atoms with Gasteiger partial charge in [0.2, 0.25) is 0 Å². The SMILES string of the molecule is CN1CCC(=C2c3cc(C(=O)O)n(C)c3CCn3ccnc32)CC1. The van der Waals surface area contributed by atoms with Crippen molar-refractivity contribution >= 4 is 11.5 Å². The molecule has 0 aliphatic carbocycles. The van der Waals surface area contributed by atoms with Crippen LogP contribution in [0.3, 0.4) is 0 Å². The molecule has 6 heteroatoms. The molecule has 4 heterocycles. The zero-order valence-electron chi connectivity index (χ0n) is 14.1. The number of likely N-dealkylation sites (tertiary alicyclic amines) is 1. The fourth-order valence-electron chi connectivity index (χ4n) is 3.92. The Morgan fingerprint density at radius 2 is 1.92 bits per heavy atom. The molecule has 0 amide bonds. The second kappa shape index (κ2) is 5.63. The van der Waals surface area contributed by atoms with E-state index in [9.17, 15) is 9.90 Å². The minimum absolute atomic E-state index is 0.353. The van der Waals surface area contributed by atoms with E-state index in [2.05, 4.69) is 21.5 Å². The van der Waals surface area contributed by atoms with E-state index >= 15 is 0 Å². The van der Waals surface area contributed by atoms with Crippen LogP contribution in [0.4, 0.5) is 0 Å². The number of imidazole rings is 1. The van der Waals surface area contributed by atoms with Gasteiger partial charge in [-0.15, -0.1) is 0 Å². The lowest BCUT2D eigenvalue weighted by Crippen LogP contribution is -2.27. The molecule has 2 aliphatic heterocycles. The standard InChI is InChI=1S/C18H22N4O2/c1-20-7-3-12(4-8-20)16-13-11-15(18(23)24)21(2)14(13)5-9-22-10-6-19-17(16)22/h6,10-11H,3-5,7-9H2,1-2H3,(H,23,24). The van der Waals surface area contributed by atoms with Gasteiger partial charge in [-0.05, 0) is 26.0 Å². The Morgan fingerprint density at radius 3 is 2.62 bits per heavy atom. The molecule has 4 rings (SSSR count). The van der Waals surface area contributed by atoms with Crippen molar-refractivity contribution in [3.63, 3.8) is 0 Å². The summed E-state index contributed by atoms with van der Waals surface area (Å²) in [5.74, 6) is 0.109. The molecule has 0 saturated carbocycles. The smallest absolute Gasteiger partial charge is 0.352 e. The van der Waals surface area contributed by atoms with Gasteiger partial charge in [-0.2, -0.15) is 0 Å². The quantitative estimate of drug-likeness (QED) is 0.871. The minimum atomic E-state index is -0.873. The normalized spacial score (nSPS) is 18.2. The topological polar surface area (TPSA) is 63.3 Å². The summed E-state index contributed by atoms with van der Waals surface area (Å²) < 4.78 is 4.03. The van der Waals surface area contributed by atoms with E-state index in [4.69, 9.17) is 0 Å². The van der Waals surface area contributed by atoms with Crippen LogP contribution in [0.1, 0.15) is 40.4 Å². The molecule has 2 aromatic heterocycles. The summed E-state index contributed by atoms with van der Waals surface area (Å²) in [6, 6.07) is 1.84.